The number of ether oxygens (including phenoxy) is 2. The van der Waals surface area contributed by atoms with E-state index in [4.69, 9.17) is 9.47 Å². The third-order valence-corrected chi connectivity index (χ3v) is 4.10. The molecule has 0 radical (unpaired) electrons. The smallest absolute Gasteiger partial charge is 0.276 e. The number of rotatable bonds is 3. The number of morpholine rings is 1. The molecule has 1 saturated heterocycles. The number of aromatic nitrogens is 3. The van der Waals surface area contributed by atoms with Gasteiger partial charge in [-0.1, -0.05) is 11.3 Å². The monoisotopic (exact) mass is 330 g/mol. The van der Waals surface area contributed by atoms with Crippen molar-refractivity contribution < 1.29 is 14.3 Å². The summed E-state index contributed by atoms with van der Waals surface area (Å²) in [6.45, 7) is 6.91. The minimum atomic E-state index is -0.108. The lowest BCUT2D eigenvalue weighted by Crippen LogP contribution is -2.48. The SMILES string of the molecule is COc1cccc(-n2nnc(C(=O)N3C[C@@H](C)O[C@H](C)C3)c2C)c1. The molecule has 2 atom stereocenters. The average molecular weight is 330 g/mol. The van der Waals surface area contributed by atoms with Crippen molar-refractivity contribution in [2.45, 2.75) is 33.0 Å². The predicted molar refractivity (Wildman–Crippen MR) is 88.6 cm³/mol. The van der Waals surface area contributed by atoms with Crippen LogP contribution >= 0.6 is 0 Å². The Bertz CT molecular complexity index is 733. The quantitative estimate of drug-likeness (QED) is 0.859. The fourth-order valence-electron chi connectivity index (χ4n) is 3.01. The average Bonchev–Trinajstić information content (AvgIpc) is 2.95. The topological polar surface area (TPSA) is 69.5 Å². The fraction of sp³-hybridized carbons (Fsp3) is 0.471. The van der Waals surface area contributed by atoms with E-state index < -0.39 is 0 Å². The van der Waals surface area contributed by atoms with Gasteiger partial charge in [-0.2, -0.15) is 0 Å². The summed E-state index contributed by atoms with van der Waals surface area (Å²) in [5.74, 6) is 0.620. The number of hydrogen-bond acceptors (Lipinski definition) is 5. The summed E-state index contributed by atoms with van der Waals surface area (Å²) in [7, 11) is 1.61. The Kier molecular flexibility index (Phi) is 4.53. The van der Waals surface area contributed by atoms with Gasteiger partial charge in [0, 0.05) is 19.2 Å². The molecule has 2 aromatic rings. The van der Waals surface area contributed by atoms with Crippen molar-refractivity contribution in [2.75, 3.05) is 20.2 Å². The van der Waals surface area contributed by atoms with E-state index >= 15 is 0 Å². The zero-order valence-electron chi connectivity index (χ0n) is 14.4. The molecular weight excluding hydrogens is 308 g/mol. The van der Waals surface area contributed by atoms with Crippen molar-refractivity contribution in [3.05, 3.63) is 35.7 Å². The highest BCUT2D eigenvalue weighted by molar-refractivity contribution is 5.93. The molecule has 0 spiro atoms. The number of carbonyl (C=O) groups excluding carboxylic acids is 1. The molecule has 0 aliphatic carbocycles. The summed E-state index contributed by atoms with van der Waals surface area (Å²) >= 11 is 0. The van der Waals surface area contributed by atoms with Crippen molar-refractivity contribution in [2.24, 2.45) is 0 Å². The van der Waals surface area contributed by atoms with Crippen LogP contribution in [0.15, 0.2) is 24.3 Å². The van der Waals surface area contributed by atoms with Gasteiger partial charge in [-0.05, 0) is 32.9 Å². The molecule has 1 aliphatic rings. The largest absolute Gasteiger partial charge is 0.497 e. The molecule has 1 aromatic carbocycles. The predicted octanol–water partition coefficient (Wildman–Crippen LogP) is 1.83. The van der Waals surface area contributed by atoms with Gasteiger partial charge in [-0.25, -0.2) is 4.68 Å². The van der Waals surface area contributed by atoms with E-state index in [0.717, 1.165) is 11.4 Å². The van der Waals surface area contributed by atoms with Crippen LogP contribution in [0.1, 0.15) is 30.0 Å². The van der Waals surface area contributed by atoms with Gasteiger partial charge in [0.05, 0.1) is 30.7 Å². The van der Waals surface area contributed by atoms with E-state index in [2.05, 4.69) is 10.3 Å². The van der Waals surface area contributed by atoms with Crippen LogP contribution in [0.3, 0.4) is 0 Å². The first kappa shape index (κ1) is 16.4. The van der Waals surface area contributed by atoms with Crippen LogP contribution in [0, 0.1) is 6.92 Å². The van der Waals surface area contributed by atoms with Gasteiger partial charge in [0.15, 0.2) is 5.69 Å². The highest BCUT2D eigenvalue weighted by Gasteiger charge is 2.29. The lowest BCUT2D eigenvalue weighted by Gasteiger charge is -2.34. The molecule has 1 fully saturated rings. The minimum absolute atomic E-state index is 0.0198. The van der Waals surface area contributed by atoms with Crippen LogP contribution < -0.4 is 4.74 Å². The molecule has 0 N–H and O–H groups in total. The van der Waals surface area contributed by atoms with Crippen molar-refractivity contribution in [1.29, 1.82) is 0 Å². The van der Waals surface area contributed by atoms with E-state index in [9.17, 15) is 4.79 Å². The van der Waals surface area contributed by atoms with Gasteiger partial charge in [0.25, 0.3) is 5.91 Å². The number of benzene rings is 1. The van der Waals surface area contributed by atoms with E-state index in [1.54, 1.807) is 16.7 Å². The van der Waals surface area contributed by atoms with Gasteiger partial charge in [0.1, 0.15) is 5.75 Å². The maximum Gasteiger partial charge on any atom is 0.276 e. The highest BCUT2D eigenvalue weighted by Crippen LogP contribution is 2.20. The molecule has 1 aromatic heterocycles. The second-order valence-electron chi connectivity index (χ2n) is 6.10. The van der Waals surface area contributed by atoms with Gasteiger partial charge in [-0.3, -0.25) is 4.79 Å². The maximum atomic E-state index is 12.8. The van der Waals surface area contributed by atoms with Gasteiger partial charge in [-0.15, -0.1) is 5.10 Å². The van der Waals surface area contributed by atoms with Crippen LogP contribution in [-0.2, 0) is 4.74 Å². The highest BCUT2D eigenvalue weighted by atomic mass is 16.5. The zero-order valence-corrected chi connectivity index (χ0v) is 14.4. The van der Waals surface area contributed by atoms with Crippen molar-refractivity contribution in [3.63, 3.8) is 0 Å². The lowest BCUT2D eigenvalue weighted by molar-refractivity contribution is -0.0587. The van der Waals surface area contributed by atoms with Gasteiger partial charge < -0.3 is 14.4 Å². The number of hydrogen-bond donors (Lipinski definition) is 0. The van der Waals surface area contributed by atoms with Crippen LogP contribution in [0.5, 0.6) is 5.75 Å². The maximum absolute atomic E-state index is 12.8. The Morgan fingerprint density at radius 3 is 2.67 bits per heavy atom. The standard InChI is InChI=1S/C17H22N4O3/c1-11-9-20(10-12(2)24-11)17(22)16-13(3)21(19-18-16)14-6-5-7-15(8-14)23-4/h5-8,11-12H,9-10H2,1-4H3/t11-,12-/m1/s1. The third-order valence-electron chi connectivity index (χ3n) is 4.10. The van der Waals surface area contributed by atoms with Crippen LogP contribution in [-0.4, -0.2) is 58.2 Å². The van der Waals surface area contributed by atoms with E-state index in [-0.39, 0.29) is 18.1 Å². The van der Waals surface area contributed by atoms with Crippen molar-refractivity contribution in [3.8, 4) is 11.4 Å². The number of amides is 1. The molecule has 0 saturated carbocycles. The van der Waals surface area contributed by atoms with E-state index in [1.165, 1.54) is 0 Å². The van der Waals surface area contributed by atoms with E-state index in [1.807, 2.05) is 45.0 Å². The van der Waals surface area contributed by atoms with Crippen LogP contribution in [0.2, 0.25) is 0 Å². The molecule has 7 nitrogen and oxygen atoms in total. The molecule has 1 amide bonds. The Morgan fingerprint density at radius 2 is 2.00 bits per heavy atom. The Balaban J connectivity index is 1.88. The van der Waals surface area contributed by atoms with Gasteiger partial charge >= 0.3 is 0 Å². The van der Waals surface area contributed by atoms with Crippen molar-refractivity contribution >= 4 is 5.91 Å². The third kappa shape index (κ3) is 3.12. The molecule has 24 heavy (non-hydrogen) atoms. The summed E-state index contributed by atoms with van der Waals surface area (Å²) in [5.41, 5.74) is 1.89. The summed E-state index contributed by atoms with van der Waals surface area (Å²) in [6.07, 6.45) is 0.0397. The molecular formula is C17H22N4O3. The summed E-state index contributed by atoms with van der Waals surface area (Å²) in [4.78, 5) is 14.6. The zero-order chi connectivity index (χ0) is 17.3. The summed E-state index contributed by atoms with van der Waals surface area (Å²) in [5, 5.41) is 8.26. The van der Waals surface area contributed by atoms with Crippen LogP contribution in [0.4, 0.5) is 0 Å². The normalized spacial score (nSPS) is 20.9. The molecule has 0 unspecified atom stereocenters. The minimum Gasteiger partial charge on any atom is -0.497 e. The number of methoxy groups -OCH3 is 1. The molecule has 3 rings (SSSR count). The Morgan fingerprint density at radius 1 is 1.29 bits per heavy atom. The summed E-state index contributed by atoms with van der Waals surface area (Å²) in [6, 6.07) is 7.49. The first-order valence-corrected chi connectivity index (χ1v) is 8.01. The Hall–Kier alpha value is -2.41. The second-order valence-corrected chi connectivity index (χ2v) is 6.10. The van der Waals surface area contributed by atoms with Crippen LogP contribution in [0.25, 0.3) is 5.69 Å². The first-order chi connectivity index (χ1) is 11.5. The molecule has 128 valence electrons. The molecule has 2 heterocycles. The van der Waals surface area contributed by atoms with Gasteiger partial charge in [0.2, 0.25) is 0 Å². The lowest BCUT2D eigenvalue weighted by atomic mass is 10.2. The molecule has 1 aliphatic heterocycles. The number of nitrogens with zero attached hydrogens (tertiary/aromatic N) is 4. The van der Waals surface area contributed by atoms with E-state index in [0.29, 0.717) is 24.5 Å². The second kappa shape index (κ2) is 6.60. The molecule has 7 heteroatoms. The fourth-order valence-corrected chi connectivity index (χ4v) is 3.01. The Labute approximate surface area is 141 Å². The number of carbonyl (C=O) groups is 1. The molecule has 0 bridgehead atoms. The first-order valence-electron chi connectivity index (χ1n) is 8.01. The van der Waals surface area contributed by atoms with Crippen molar-refractivity contribution in [1.82, 2.24) is 19.9 Å². The summed E-state index contributed by atoms with van der Waals surface area (Å²) < 4.78 is 12.6.